The Labute approximate surface area is 146 Å². The Morgan fingerprint density at radius 3 is 2.62 bits per heavy atom. The number of hydrogen-bond acceptors (Lipinski definition) is 3. The highest BCUT2D eigenvalue weighted by atomic mass is 32.1. The van der Waals surface area contributed by atoms with Crippen LogP contribution in [0.15, 0.2) is 65.0 Å². The van der Waals surface area contributed by atoms with Gasteiger partial charge < -0.3 is 11.1 Å². The van der Waals surface area contributed by atoms with Crippen LogP contribution in [0, 0.1) is 6.92 Å². The van der Waals surface area contributed by atoms with E-state index in [1.807, 2.05) is 42.5 Å². The second kappa shape index (κ2) is 7.75. The van der Waals surface area contributed by atoms with Gasteiger partial charge in [0.25, 0.3) is 0 Å². The van der Waals surface area contributed by atoms with Crippen LogP contribution in [0.25, 0.3) is 10.6 Å². The van der Waals surface area contributed by atoms with Crippen molar-refractivity contribution in [3.63, 3.8) is 0 Å². The normalized spacial score (nSPS) is 11.5. The maximum Gasteiger partial charge on any atom is 0.193 e. The van der Waals surface area contributed by atoms with E-state index in [2.05, 4.69) is 39.7 Å². The first kappa shape index (κ1) is 16.2. The minimum absolute atomic E-state index is 0.428. The van der Waals surface area contributed by atoms with Gasteiger partial charge in [0, 0.05) is 29.6 Å². The molecule has 0 radical (unpaired) electrons. The number of aryl methyl sites for hydroxylation is 1. The molecular weight excluding hydrogens is 316 g/mol. The van der Waals surface area contributed by atoms with Crippen molar-refractivity contribution in [2.45, 2.75) is 13.3 Å². The Balaban J connectivity index is 1.54. The highest BCUT2D eigenvalue weighted by molar-refractivity contribution is 7.13. The van der Waals surface area contributed by atoms with Gasteiger partial charge in [-0.15, -0.1) is 11.3 Å². The number of hydrogen-bond donors (Lipinski definition) is 2. The van der Waals surface area contributed by atoms with E-state index in [9.17, 15) is 0 Å². The fourth-order valence-electron chi connectivity index (χ4n) is 2.25. The van der Waals surface area contributed by atoms with Gasteiger partial charge in [0.05, 0.1) is 5.69 Å². The van der Waals surface area contributed by atoms with Crippen molar-refractivity contribution in [3.05, 3.63) is 71.2 Å². The molecule has 0 aliphatic rings. The summed E-state index contributed by atoms with van der Waals surface area (Å²) in [4.78, 5) is 9.03. The van der Waals surface area contributed by atoms with Crippen LogP contribution in [-0.4, -0.2) is 17.5 Å². The summed E-state index contributed by atoms with van der Waals surface area (Å²) in [6, 6.07) is 18.3. The minimum Gasteiger partial charge on any atom is -0.370 e. The molecule has 1 heterocycles. The lowest BCUT2D eigenvalue weighted by atomic mass is 10.2. The molecule has 0 aliphatic heterocycles. The summed E-state index contributed by atoms with van der Waals surface area (Å²) in [7, 11) is 0. The number of nitrogens with one attached hydrogen (secondary N) is 1. The summed E-state index contributed by atoms with van der Waals surface area (Å²) in [5, 5.41) is 6.22. The molecule has 3 aromatic rings. The molecule has 3 N–H and O–H groups in total. The predicted octanol–water partition coefficient (Wildman–Crippen LogP) is 4.09. The largest absolute Gasteiger partial charge is 0.370 e. The third kappa shape index (κ3) is 4.43. The van der Waals surface area contributed by atoms with E-state index in [1.54, 1.807) is 11.3 Å². The van der Waals surface area contributed by atoms with Crippen LogP contribution in [0.3, 0.4) is 0 Å². The number of anilines is 1. The summed E-state index contributed by atoms with van der Waals surface area (Å²) in [5.41, 5.74) is 10.3. The average Bonchev–Trinajstić information content (AvgIpc) is 3.07. The molecule has 1 aromatic heterocycles. The Morgan fingerprint density at radius 1 is 1.12 bits per heavy atom. The smallest absolute Gasteiger partial charge is 0.193 e. The highest BCUT2D eigenvalue weighted by Crippen LogP contribution is 2.23. The van der Waals surface area contributed by atoms with Gasteiger partial charge in [-0.25, -0.2) is 4.98 Å². The number of aromatic nitrogens is 1. The molecule has 0 amide bonds. The van der Waals surface area contributed by atoms with Gasteiger partial charge in [-0.05, 0) is 19.1 Å². The van der Waals surface area contributed by atoms with Crippen molar-refractivity contribution in [2.75, 3.05) is 11.9 Å². The molecule has 122 valence electrons. The van der Waals surface area contributed by atoms with Gasteiger partial charge in [0.1, 0.15) is 5.01 Å². The topological polar surface area (TPSA) is 63.3 Å². The molecule has 0 unspecified atom stereocenters. The average molecular weight is 336 g/mol. The first-order valence-corrected chi connectivity index (χ1v) is 8.72. The molecule has 0 atom stereocenters. The quantitative estimate of drug-likeness (QED) is 0.545. The standard InChI is InChI=1S/C19H20N4S/c1-14-7-9-16(10-8-14)23-19(20)21-12-11-17-13-24-18(22-17)15-5-3-2-4-6-15/h2-10,13H,11-12H2,1H3,(H3,20,21,23). The summed E-state index contributed by atoms with van der Waals surface area (Å²) in [6.07, 6.45) is 0.777. The summed E-state index contributed by atoms with van der Waals surface area (Å²) in [5.74, 6) is 0.428. The Kier molecular flexibility index (Phi) is 5.23. The number of thiazole rings is 1. The van der Waals surface area contributed by atoms with Gasteiger partial charge in [0.15, 0.2) is 5.96 Å². The zero-order valence-corrected chi connectivity index (χ0v) is 14.4. The monoisotopic (exact) mass is 336 g/mol. The zero-order chi connectivity index (χ0) is 16.8. The molecule has 2 aromatic carbocycles. The fourth-order valence-corrected chi connectivity index (χ4v) is 3.11. The van der Waals surface area contributed by atoms with Gasteiger partial charge in [-0.1, -0.05) is 48.0 Å². The molecule has 0 spiro atoms. The second-order valence-electron chi connectivity index (χ2n) is 5.52. The van der Waals surface area contributed by atoms with E-state index in [0.29, 0.717) is 12.5 Å². The van der Waals surface area contributed by atoms with Gasteiger partial charge >= 0.3 is 0 Å². The van der Waals surface area contributed by atoms with E-state index in [1.165, 1.54) is 5.56 Å². The lowest BCUT2D eigenvalue weighted by Crippen LogP contribution is -2.23. The van der Waals surface area contributed by atoms with Crippen LogP contribution in [0.5, 0.6) is 0 Å². The van der Waals surface area contributed by atoms with Crippen molar-refractivity contribution in [2.24, 2.45) is 10.7 Å². The number of rotatable bonds is 5. The minimum atomic E-state index is 0.428. The molecule has 0 saturated heterocycles. The molecule has 4 nitrogen and oxygen atoms in total. The number of aliphatic imine (C=N–C) groups is 1. The molecule has 0 fully saturated rings. The van der Waals surface area contributed by atoms with Crippen LogP contribution in [0.2, 0.25) is 0 Å². The molecular formula is C19H20N4S. The number of nitrogens with two attached hydrogens (primary N) is 1. The first-order chi connectivity index (χ1) is 11.7. The molecule has 0 saturated carbocycles. The van der Waals surface area contributed by atoms with Crippen molar-refractivity contribution >= 4 is 23.0 Å². The highest BCUT2D eigenvalue weighted by Gasteiger charge is 2.04. The number of guanidine groups is 1. The van der Waals surface area contributed by atoms with E-state index >= 15 is 0 Å². The van der Waals surface area contributed by atoms with Gasteiger partial charge in [-0.3, -0.25) is 4.99 Å². The fraction of sp³-hybridized carbons (Fsp3) is 0.158. The van der Waals surface area contributed by atoms with Crippen LogP contribution in [0.4, 0.5) is 5.69 Å². The lowest BCUT2D eigenvalue weighted by molar-refractivity contribution is 0.934. The van der Waals surface area contributed by atoms with E-state index in [4.69, 9.17) is 5.73 Å². The second-order valence-corrected chi connectivity index (χ2v) is 6.38. The molecule has 3 rings (SSSR count). The van der Waals surface area contributed by atoms with Crippen molar-refractivity contribution in [1.29, 1.82) is 0 Å². The third-order valence-electron chi connectivity index (χ3n) is 3.55. The predicted molar refractivity (Wildman–Crippen MR) is 103 cm³/mol. The van der Waals surface area contributed by atoms with Crippen molar-refractivity contribution in [1.82, 2.24) is 4.98 Å². The summed E-state index contributed by atoms with van der Waals surface area (Å²) < 4.78 is 0. The van der Waals surface area contributed by atoms with Gasteiger partial charge in [-0.2, -0.15) is 0 Å². The Morgan fingerprint density at radius 2 is 1.88 bits per heavy atom. The van der Waals surface area contributed by atoms with Crippen LogP contribution < -0.4 is 11.1 Å². The first-order valence-electron chi connectivity index (χ1n) is 7.84. The maximum absolute atomic E-state index is 5.93. The Hall–Kier alpha value is -2.66. The van der Waals surface area contributed by atoms with E-state index < -0.39 is 0 Å². The SMILES string of the molecule is Cc1ccc(NC(N)=NCCc2csc(-c3ccccc3)n2)cc1. The van der Waals surface area contributed by atoms with Gasteiger partial charge in [0.2, 0.25) is 0 Å². The lowest BCUT2D eigenvalue weighted by Gasteiger charge is -2.05. The van der Waals surface area contributed by atoms with Crippen LogP contribution in [-0.2, 0) is 6.42 Å². The molecule has 5 heteroatoms. The van der Waals surface area contributed by atoms with Crippen LogP contribution in [0.1, 0.15) is 11.3 Å². The summed E-state index contributed by atoms with van der Waals surface area (Å²) in [6.45, 7) is 2.67. The molecule has 0 bridgehead atoms. The number of nitrogens with zero attached hydrogens (tertiary/aromatic N) is 2. The van der Waals surface area contributed by atoms with Crippen molar-refractivity contribution in [3.8, 4) is 10.6 Å². The maximum atomic E-state index is 5.93. The zero-order valence-electron chi connectivity index (χ0n) is 13.6. The van der Waals surface area contributed by atoms with Crippen molar-refractivity contribution < 1.29 is 0 Å². The number of benzene rings is 2. The third-order valence-corrected chi connectivity index (χ3v) is 4.49. The summed E-state index contributed by atoms with van der Waals surface area (Å²) >= 11 is 1.66. The molecule has 24 heavy (non-hydrogen) atoms. The van der Waals surface area contributed by atoms with E-state index in [0.717, 1.165) is 28.4 Å². The van der Waals surface area contributed by atoms with Crippen LogP contribution >= 0.6 is 11.3 Å². The van der Waals surface area contributed by atoms with E-state index in [-0.39, 0.29) is 0 Å². The molecule has 0 aliphatic carbocycles. The Bertz CT molecular complexity index is 807.